The zero-order valence-electron chi connectivity index (χ0n) is 21.9. The van der Waals surface area contributed by atoms with Crippen LogP contribution in [0.2, 0.25) is 0 Å². The molecule has 0 saturated heterocycles. The van der Waals surface area contributed by atoms with Crippen molar-refractivity contribution in [3.8, 4) is 0 Å². The number of unbranched alkanes of at least 4 members (excludes halogenated alkanes) is 9. The van der Waals surface area contributed by atoms with Crippen molar-refractivity contribution in [3.05, 3.63) is 0 Å². The molecule has 0 aliphatic carbocycles. The molecule has 0 aliphatic heterocycles. The molecule has 8 heteroatoms. The zero-order chi connectivity index (χ0) is 24.6. The molecular formula is C26H53FO7. The van der Waals surface area contributed by atoms with Crippen LogP contribution in [0, 0.1) is 0 Å². The molecule has 0 saturated carbocycles. The minimum Gasteiger partial charge on any atom is -0.379 e. The molecule has 0 radical (unpaired) electrons. The maximum Gasteiger partial charge on any atom is 0.113 e. The largest absolute Gasteiger partial charge is 0.379 e. The lowest BCUT2D eigenvalue weighted by Gasteiger charge is -2.08. The van der Waals surface area contributed by atoms with Gasteiger partial charge in [-0.2, -0.15) is 0 Å². The van der Waals surface area contributed by atoms with E-state index in [1.54, 1.807) is 0 Å². The smallest absolute Gasteiger partial charge is 0.113 e. The molecule has 0 heterocycles. The van der Waals surface area contributed by atoms with Crippen molar-refractivity contribution in [2.24, 2.45) is 0 Å². The van der Waals surface area contributed by atoms with Crippen molar-refractivity contribution >= 4 is 0 Å². The lowest BCUT2D eigenvalue weighted by atomic mass is 10.1. The minimum absolute atomic E-state index is 0.127. The predicted molar refractivity (Wildman–Crippen MR) is 134 cm³/mol. The molecule has 0 aromatic carbocycles. The average Bonchev–Trinajstić information content (AvgIpc) is 2.85. The second-order valence-electron chi connectivity index (χ2n) is 8.16. The molecule has 34 heavy (non-hydrogen) atoms. The summed E-state index contributed by atoms with van der Waals surface area (Å²) in [6.45, 7) is 9.14. The quantitative estimate of drug-likeness (QED) is 0.125. The Hall–Kier alpha value is -0.350. The normalized spacial score (nSPS) is 11.5. The fourth-order valence-electron chi connectivity index (χ4n) is 3.17. The van der Waals surface area contributed by atoms with Gasteiger partial charge in [-0.05, 0) is 6.42 Å². The Bertz CT molecular complexity index is 319. The first-order valence-electron chi connectivity index (χ1n) is 13.5. The van der Waals surface area contributed by atoms with E-state index >= 15 is 0 Å². The Labute approximate surface area is 208 Å². The van der Waals surface area contributed by atoms with Gasteiger partial charge < -0.3 is 33.2 Å². The van der Waals surface area contributed by atoms with Crippen molar-refractivity contribution in [2.75, 3.05) is 99.2 Å². The fourth-order valence-corrected chi connectivity index (χ4v) is 3.17. The highest BCUT2D eigenvalue weighted by Crippen LogP contribution is 2.10. The molecule has 0 aromatic rings. The summed E-state index contributed by atoms with van der Waals surface area (Å²) in [5.41, 5.74) is 0. The average molecular weight is 497 g/mol. The van der Waals surface area contributed by atoms with Crippen molar-refractivity contribution in [1.82, 2.24) is 0 Å². The highest BCUT2D eigenvalue weighted by Gasteiger charge is 1.96. The number of halogens is 1. The van der Waals surface area contributed by atoms with Gasteiger partial charge in [0.1, 0.15) is 6.67 Å². The molecule has 0 aliphatic rings. The van der Waals surface area contributed by atoms with Gasteiger partial charge in [0.05, 0.1) is 85.9 Å². The Morgan fingerprint density at radius 1 is 0.324 bits per heavy atom. The van der Waals surface area contributed by atoms with E-state index in [0.29, 0.717) is 79.3 Å². The van der Waals surface area contributed by atoms with E-state index in [4.69, 9.17) is 33.2 Å². The SMILES string of the molecule is CCCCCCCCCCCCOCCOCCOCCOCCOCCOCCOCCF. The number of hydrogen-bond donors (Lipinski definition) is 0. The Balaban J connectivity index is 2.99. The summed E-state index contributed by atoms with van der Waals surface area (Å²) in [4.78, 5) is 0. The monoisotopic (exact) mass is 496 g/mol. The second-order valence-corrected chi connectivity index (χ2v) is 8.16. The summed E-state index contributed by atoms with van der Waals surface area (Å²) in [6.07, 6.45) is 13.4. The van der Waals surface area contributed by atoms with Crippen LogP contribution in [0.1, 0.15) is 71.1 Å². The molecule has 0 rings (SSSR count). The topological polar surface area (TPSA) is 64.6 Å². The second kappa shape index (κ2) is 32.7. The number of alkyl halides is 1. The maximum absolute atomic E-state index is 11.8. The molecule has 0 fully saturated rings. The standard InChI is InChI=1S/C26H53FO7/c1-2-3-4-5-6-7-8-9-10-11-13-28-15-17-30-19-21-32-23-25-34-26-24-33-22-20-31-18-16-29-14-12-27/h2-26H2,1H3. The summed E-state index contributed by atoms with van der Waals surface area (Å²) in [5.74, 6) is 0. The van der Waals surface area contributed by atoms with E-state index in [-0.39, 0.29) is 6.61 Å². The zero-order valence-corrected chi connectivity index (χ0v) is 21.9. The molecular weight excluding hydrogens is 443 g/mol. The molecule has 0 N–H and O–H groups in total. The Morgan fingerprint density at radius 3 is 0.912 bits per heavy atom. The van der Waals surface area contributed by atoms with Crippen molar-refractivity contribution < 1.29 is 37.5 Å². The van der Waals surface area contributed by atoms with Gasteiger partial charge in [-0.3, -0.25) is 0 Å². The third kappa shape index (κ3) is 31.6. The van der Waals surface area contributed by atoms with Crippen LogP contribution in [-0.2, 0) is 33.2 Å². The Morgan fingerprint density at radius 2 is 0.588 bits per heavy atom. The molecule has 0 spiro atoms. The first kappa shape index (κ1) is 33.7. The van der Waals surface area contributed by atoms with Crippen LogP contribution < -0.4 is 0 Å². The van der Waals surface area contributed by atoms with Gasteiger partial charge in [0.2, 0.25) is 0 Å². The first-order valence-corrected chi connectivity index (χ1v) is 13.5. The first-order chi connectivity index (χ1) is 16.9. The fraction of sp³-hybridized carbons (Fsp3) is 1.00. The molecule has 7 nitrogen and oxygen atoms in total. The van der Waals surface area contributed by atoms with E-state index in [1.807, 2.05) is 0 Å². The van der Waals surface area contributed by atoms with Gasteiger partial charge in [0.15, 0.2) is 0 Å². The summed E-state index contributed by atoms with van der Waals surface area (Å²) in [5, 5.41) is 0. The third-order valence-electron chi connectivity index (χ3n) is 5.10. The third-order valence-corrected chi connectivity index (χ3v) is 5.10. The number of ether oxygens (including phenoxy) is 7. The van der Waals surface area contributed by atoms with E-state index in [2.05, 4.69) is 6.92 Å². The molecule has 0 unspecified atom stereocenters. The molecule has 0 amide bonds. The van der Waals surface area contributed by atoms with Gasteiger partial charge in [-0.1, -0.05) is 64.7 Å². The van der Waals surface area contributed by atoms with Crippen LogP contribution in [0.3, 0.4) is 0 Å². The number of hydrogen-bond acceptors (Lipinski definition) is 7. The minimum atomic E-state index is -0.461. The lowest BCUT2D eigenvalue weighted by Crippen LogP contribution is -2.14. The summed E-state index contributed by atoms with van der Waals surface area (Å²) >= 11 is 0. The number of rotatable bonds is 31. The van der Waals surface area contributed by atoms with Crippen LogP contribution in [0.5, 0.6) is 0 Å². The van der Waals surface area contributed by atoms with Crippen LogP contribution >= 0.6 is 0 Å². The van der Waals surface area contributed by atoms with Gasteiger partial charge in [0, 0.05) is 6.61 Å². The van der Waals surface area contributed by atoms with Crippen molar-refractivity contribution in [3.63, 3.8) is 0 Å². The highest BCUT2D eigenvalue weighted by molar-refractivity contribution is 4.47. The van der Waals surface area contributed by atoms with E-state index in [9.17, 15) is 4.39 Å². The Kier molecular flexibility index (Phi) is 32.3. The maximum atomic E-state index is 11.8. The van der Waals surface area contributed by atoms with Crippen molar-refractivity contribution in [1.29, 1.82) is 0 Å². The van der Waals surface area contributed by atoms with Gasteiger partial charge >= 0.3 is 0 Å². The lowest BCUT2D eigenvalue weighted by molar-refractivity contribution is -0.0208. The summed E-state index contributed by atoms with van der Waals surface area (Å²) in [6, 6.07) is 0. The van der Waals surface area contributed by atoms with Crippen LogP contribution in [0.4, 0.5) is 4.39 Å². The van der Waals surface area contributed by atoms with E-state index in [0.717, 1.165) is 13.0 Å². The predicted octanol–water partition coefficient (Wildman–Crippen LogP) is 4.99. The van der Waals surface area contributed by atoms with Crippen molar-refractivity contribution in [2.45, 2.75) is 71.1 Å². The summed E-state index contributed by atoms with van der Waals surface area (Å²) < 4.78 is 49.4. The molecule has 0 aromatic heterocycles. The van der Waals surface area contributed by atoms with E-state index < -0.39 is 6.67 Å². The van der Waals surface area contributed by atoms with Gasteiger partial charge in [0.25, 0.3) is 0 Å². The van der Waals surface area contributed by atoms with Crippen LogP contribution in [0.25, 0.3) is 0 Å². The highest BCUT2D eigenvalue weighted by atomic mass is 19.1. The van der Waals surface area contributed by atoms with Gasteiger partial charge in [-0.25, -0.2) is 4.39 Å². The van der Waals surface area contributed by atoms with Crippen LogP contribution in [-0.4, -0.2) is 99.2 Å². The molecule has 0 bridgehead atoms. The summed E-state index contributed by atoms with van der Waals surface area (Å²) in [7, 11) is 0. The van der Waals surface area contributed by atoms with Crippen LogP contribution in [0.15, 0.2) is 0 Å². The molecule has 0 atom stereocenters. The van der Waals surface area contributed by atoms with Gasteiger partial charge in [-0.15, -0.1) is 0 Å². The van der Waals surface area contributed by atoms with E-state index in [1.165, 1.54) is 57.8 Å². The molecule has 206 valence electrons.